The van der Waals surface area contributed by atoms with Crippen LogP contribution >= 0.6 is 39.1 Å². The summed E-state index contributed by atoms with van der Waals surface area (Å²) in [5, 5.41) is 11.9. The van der Waals surface area contributed by atoms with Crippen LogP contribution in [0.4, 0.5) is 0 Å². The largest absolute Gasteiger partial charge is 0.355 e. The second-order valence-electron chi connectivity index (χ2n) is 5.64. The van der Waals surface area contributed by atoms with Crippen molar-refractivity contribution in [2.75, 3.05) is 6.54 Å². The number of halogens is 3. The lowest BCUT2D eigenvalue weighted by molar-refractivity contribution is 0.0943. The molecule has 0 aliphatic rings. The number of nitrogens with zero attached hydrogens (tertiary/aromatic N) is 3. The first-order valence-electron chi connectivity index (χ1n) is 7.84. The van der Waals surface area contributed by atoms with Crippen LogP contribution in [0.5, 0.6) is 0 Å². The zero-order valence-corrected chi connectivity index (χ0v) is 16.9. The topological polar surface area (TPSA) is 73.0 Å². The molecule has 2 aromatic heterocycles. The van der Waals surface area contributed by atoms with Crippen LogP contribution in [-0.4, -0.2) is 27.4 Å². The summed E-state index contributed by atoms with van der Waals surface area (Å²) in [6, 6.07) is 6.58. The summed E-state index contributed by atoms with van der Waals surface area (Å²) in [5.41, 5.74) is 1.76. The van der Waals surface area contributed by atoms with Crippen LogP contribution in [0.3, 0.4) is 0 Å². The Labute approximate surface area is 168 Å². The Kier molecular flexibility index (Phi) is 6.01. The molecule has 0 fully saturated rings. The van der Waals surface area contributed by atoms with E-state index in [0.29, 0.717) is 34.5 Å². The lowest BCUT2D eigenvalue weighted by atomic mass is 10.1. The summed E-state index contributed by atoms with van der Waals surface area (Å²) in [4.78, 5) is 12.2. The van der Waals surface area contributed by atoms with E-state index in [4.69, 9.17) is 27.7 Å². The number of hydrogen-bond acceptors (Lipinski definition) is 4. The maximum Gasteiger partial charge on any atom is 0.273 e. The van der Waals surface area contributed by atoms with Crippen molar-refractivity contribution >= 4 is 45.0 Å². The maximum absolute atomic E-state index is 12.2. The van der Waals surface area contributed by atoms with Gasteiger partial charge in [-0.25, -0.2) is 0 Å². The highest BCUT2D eigenvalue weighted by molar-refractivity contribution is 9.10. The third-order valence-electron chi connectivity index (χ3n) is 3.68. The van der Waals surface area contributed by atoms with Gasteiger partial charge in [-0.3, -0.25) is 9.48 Å². The first kappa shape index (κ1) is 18.9. The van der Waals surface area contributed by atoms with E-state index in [0.717, 1.165) is 16.6 Å². The quantitative estimate of drug-likeness (QED) is 0.542. The van der Waals surface area contributed by atoms with Gasteiger partial charge in [-0.2, -0.15) is 5.10 Å². The molecule has 0 aliphatic heterocycles. The fraction of sp³-hybridized carbons (Fsp3) is 0.235. The van der Waals surface area contributed by atoms with Gasteiger partial charge in [0.05, 0.1) is 15.2 Å². The van der Waals surface area contributed by atoms with Gasteiger partial charge in [-0.15, -0.1) is 0 Å². The lowest BCUT2D eigenvalue weighted by Crippen LogP contribution is -2.25. The van der Waals surface area contributed by atoms with Crippen molar-refractivity contribution in [3.05, 3.63) is 56.4 Å². The van der Waals surface area contributed by atoms with E-state index in [9.17, 15) is 4.79 Å². The second-order valence-corrected chi connectivity index (χ2v) is 7.33. The van der Waals surface area contributed by atoms with Gasteiger partial charge in [0.2, 0.25) is 0 Å². The summed E-state index contributed by atoms with van der Waals surface area (Å²) in [5.74, 6) is 0.108. The van der Waals surface area contributed by atoms with Gasteiger partial charge in [0.25, 0.3) is 5.91 Å². The first-order chi connectivity index (χ1) is 12.4. The number of nitrogens with one attached hydrogen (secondary N) is 1. The van der Waals surface area contributed by atoms with Crippen molar-refractivity contribution in [2.24, 2.45) is 0 Å². The van der Waals surface area contributed by atoms with Crippen LogP contribution in [0, 0.1) is 6.92 Å². The van der Waals surface area contributed by atoms with Gasteiger partial charge < -0.3 is 9.84 Å². The van der Waals surface area contributed by atoms with Crippen LogP contribution in [0.15, 0.2) is 39.5 Å². The number of carbonyl (C=O) groups is 1. The molecule has 1 N–H and O–H groups in total. The van der Waals surface area contributed by atoms with Gasteiger partial charge in [0, 0.05) is 35.9 Å². The maximum atomic E-state index is 12.2. The number of aryl methyl sites for hydroxylation is 2. The smallest absolute Gasteiger partial charge is 0.273 e. The van der Waals surface area contributed by atoms with Crippen molar-refractivity contribution in [2.45, 2.75) is 19.9 Å². The van der Waals surface area contributed by atoms with Gasteiger partial charge in [-0.1, -0.05) is 28.4 Å². The molecule has 1 aromatic carbocycles. The molecule has 0 bridgehead atoms. The van der Waals surface area contributed by atoms with Crippen LogP contribution in [0.25, 0.3) is 11.3 Å². The van der Waals surface area contributed by atoms with Crippen molar-refractivity contribution < 1.29 is 9.32 Å². The first-order valence-corrected chi connectivity index (χ1v) is 9.39. The molecular weight excluding hydrogens is 443 g/mol. The number of hydrogen-bond donors (Lipinski definition) is 1. The Morgan fingerprint density at radius 2 is 2.15 bits per heavy atom. The average Bonchev–Trinajstić information content (AvgIpc) is 3.19. The van der Waals surface area contributed by atoms with E-state index < -0.39 is 0 Å². The van der Waals surface area contributed by atoms with E-state index in [1.807, 2.05) is 17.8 Å². The fourth-order valence-electron chi connectivity index (χ4n) is 2.34. The van der Waals surface area contributed by atoms with E-state index in [1.54, 1.807) is 24.3 Å². The Morgan fingerprint density at radius 3 is 2.85 bits per heavy atom. The molecule has 0 unspecified atom stereocenters. The fourth-order valence-corrected chi connectivity index (χ4v) is 3.16. The molecule has 3 aromatic rings. The van der Waals surface area contributed by atoms with Crippen molar-refractivity contribution in [3.63, 3.8) is 0 Å². The standard InChI is InChI=1S/C17H15BrCl2N4O2/c1-10-13(18)9-24(22-10)6-2-5-21-17(25)15-8-16(26-23-15)12-4-3-11(19)7-14(12)20/h3-4,7-9H,2,5-6H2,1H3,(H,21,25). The minimum absolute atomic E-state index is 0.198. The normalized spacial score (nSPS) is 10.9. The van der Waals surface area contributed by atoms with Crippen LogP contribution in [0.2, 0.25) is 10.0 Å². The summed E-state index contributed by atoms with van der Waals surface area (Å²) in [6.07, 6.45) is 2.66. The monoisotopic (exact) mass is 456 g/mol. The second kappa shape index (κ2) is 8.24. The molecule has 0 radical (unpaired) electrons. The van der Waals surface area contributed by atoms with Gasteiger partial charge in [-0.05, 0) is 47.5 Å². The highest BCUT2D eigenvalue weighted by Crippen LogP contribution is 2.30. The molecule has 26 heavy (non-hydrogen) atoms. The van der Waals surface area contributed by atoms with Crippen molar-refractivity contribution in [1.29, 1.82) is 0 Å². The lowest BCUT2D eigenvalue weighted by Gasteiger charge is -2.03. The van der Waals surface area contributed by atoms with Gasteiger partial charge in [0.15, 0.2) is 11.5 Å². The average molecular weight is 458 g/mol. The van der Waals surface area contributed by atoms with Gasteiger partial charge in [0.1, 0.15) is 0 Å². The van der Waals surface area contributed by atoms with Crippen LogP contribution < -0.4 is 5.32 Å². The molecular formula is C17H15BrCl2N4O2. The Morgan fingerprint density at radius 1 is 1.35 bits per heavy atom. The molecule has 136 valence electrons. The summed E-state index contributed by atoms with van der Waals surface area (Å²) in [7, 11) is 0. The molecule has 0 saturated heterocycles. The number of amides is 1. The number of rotatable bonds is 6. The predicted molar refractivity (Wildman–Crippen MR) is 104 cm³/mol. The molecule has 3 rings (SSSR count). The highest BCUT2D eigenvalue weighted by atomic mass is 79.9. The molecule has 0 saturated carbocycles. The Hall–Kier alpha value is -1.83. The predicted octanol–water partition coefficient (Wildman–Crippen LogP) is 4.74. The summed E-state index contributed by atoms with van der Waals surface area (Å²) in [6.45, 7) is 3.13. The minimum atomic E-state index is -0.303. The minimum Gasteiger partial charge on any atom is -0.355 e. The molecule has 1 amide bonds. The number of benzene rings is 1. The van der Waals surface area contributed by atoms with Crippen molar-refractivity contribution in [1.82, 2.24) is 20.3 Å². The third-order valence-corrected chi connectivity index (χ3v) is 5.00. The Bertz CT molecular complexity index is 919. The SMILES string of the molecule is Cc1nn(CCCNC(=O)c2cc(-c3ccc(Cl)cc3Cl)on2)cc1Br. The summed E-state index contributed by atoms with van der Waals surface area (Å²) >= 11 is 15.4. The van der Waals surface area contributed by atoms with E-state index in [1.165, 1.54) is 0 Å². The molecule has 9 heteroatoms. The molecule has 0 atom stereocenters. The molecule has 2 heterocycles. The molecule has 0 spiro atoms. The van der Waals surface area contributed by atoms with E-state index >= 15 is 0 Å². The zero-order valence-electron chi connectivity index (χ0n) is 13.8. The zero-order chi connectivity index (χ0) is 18.7. The number of carbonyl (C=O) groups excluding carboxylic acids is 1. The summed E-state index contributed by atoms with van der Waals surface area (Å²) < 4.78 is 8.03. The third kappa shape index (κ3) is 4.47. The van der Waals surface area contributed by atoms with E-state index in [-0.39, 0.29) is 11.6 Å². The number of aromatic nitrogens is 3. The van der Waals surface area contributed by atoms with Crippen LogP contribution in [0.1, 0.15) is 22.6 Å². The molecule has 0 aliphatic carbocycles. The Balaban J connectivity index is 1.54. The van der Waals surface area contributed by atoms with E-state index in [2.05, 4.69) is 31.5 Å². The van der Waals surface area contributed by atoms with Crippen molar-refractivity contribution in [3.8, 4) is 11.3 Å². The highest BCUT2D eigenvalue weighted by Gasteiger charge is 2.15. The van der Waals surface area contributed by atoms with Crippen LogP contribution in [-0.2, 0) is 6.54 Å². The van der Waals surface area contributed by atoms with Gasteiger partial charge >= 0.3 is 0 Å². The molecule has 6 nitrogen and oxygen atoms in total.